The minimum atomic E-state index is -4.74. The number of morpholine rings is 4. The standard InChI is InChI=1S/C26H33F4N5O3.C20H28BF3N2O3.C13H16F3IN2O2.C12H15F3IN3O2.C5H2F2IN.C4H9NO.C3H6F3NO.ClH.H2S/c1-3-17-6-7-35(14-17)25(37)31-18-5-4-16(2)19(12-18)20-13-22(32-21(15-36)26(28,29)30)33-24(23(20)27)34-8-10-38-11-9-34;1-13-6-7-15(10-16(13)21-28-18(2,3)19(4,5)29-21)25-17(27)26-9-8-14(12-26)11-20(22,23)24;14-13(15,16)9(8-20)5-11-6-10(17)7-12(18-11)19-1-3-21-4-2-19;13-12(14,15)9(7-20)17-10-5-8(16)6-11(18-10)19-1-3-21-4-2-19;6-4-1-3(8)2-5(7)9-4;1-3-6-4-2-5-1;4-3(5,6)2(7)1-8;;/h4-5,12-13,17,21,36H,3,6-11,14-15H2,1-2H3,(H,31,37)(H,32,33);6-7,10,14H,8-9,11-12H2,1-5H3,(H,25,27);6-7,9,20H,1-5,8H2;5-6,9,20H,1-4,7H2,(H,17,18);1-2H;5H,1-4H2;2,8H,1,7H2;1H;1H2/t17-,21+;14-;2*9-;;;2-;;/m1000..0../s1. The maximum atomic E-state index is 15.9. The van der Waals surface area contributed by atoms with E-state index in [9.17, 15) is 89.3 Å². The smallest absolute Gasteiger partial charge is 0.399 e. The van der Waals surface area contributed by atoms with E-state index in [1.54, 1.807) is 59.2 Å². The number of nitrogens with zero attached hydrogens (tertiary/aromatic N) is 9. The summed E-state index contributed by atoms with van der Waals surface area (Å²) in [6, 6.07) is 13.7. The number of rotatable bonds is 19. The van der Waals surface area contributed by atoms with Crippen molar-refractivity contribution in [2.24, 2.45) is 23.5 Å². The monoisotopic (exact) mass is 2310 g/mol. The second-order valence-corrected chi connectivity index (χ2v) is 36.0. The van der Waals surface area contributed by atoms with Crippen LogP contribution in [0.1, 0.15) is 77.1 Å². The number of nitrogens with two attached hydrogens (primary N) is 1. The van der Waals surface area contributed by atoms with E-state index in [0.717, 1.165) is 69.4 Å². The number of carbonyl (C=O) groups is 2. The number of aliphatic hydroxyl groups is 4. The normalized spacial score (nSPS) is 18.7. The SMILES string of the molecule is C1COCCN1.CC[C@@H]1CCN(C(=O)Nc2ccc(C)c(-c3cc(N[C@@H](CO)C(F)(F)F)nc(N4CCOCC4)c3F)c2)C1.Cc1ccc(NC(=O)N2CC[C@@H](CC(F)(F)F)C2)cc1B1OC(C)(C)C(C)(C)O1.Cl.Fc1cc(I)cc(F)n1.N[C@@H](CO)C(F)(F)F.OC[C@H](Cc1cc(I)cc(N2CCOCC2)n1)C(F)(F)F.OC[C@H](Nc1cc(I)cc(N2CCOCC2)n1)C(F)(F)F.S. The summed E-state index contributed by atoms with van der Waals surface area (Å²) in [5.74, 6) is -3.07. The molecule has 11 N–H and O–H groups in total. The first-order valence-corrected chi connectivity index (χ1v) is 45.1. The Labute approximate surface area is 818 Å². The Hall–Kier alpha value is -6.27. The van der Waals surface area contributed by atoms with Gasteiger partial charge in [-0.2, -0.15) is 93.1 Å². The van der Waals surface area contributed by atoms with Crippen molar-refractivity contribution in [2.75, 3.05) is 194 Å². The summed E-state index contributed by atoms with van der Waals surface area (Å²) in [6.07, 6.45) is -21.2. The van der Waals surface area contributed by atoms with Crippen molar-refractivity contribution in [2.45, 2.75) is 141 Å². The van der Waals surface area contributed by atoms with Gasteiger partial charge in [0.1, 0.15) is 41.4 Å². The summed E-state index contributed by atoms with van der Waals surface area (Å²) in [5, 5.41) is 48.2. The molecule has 7 aliphatic rings. The van der Waals surface area contributed by atoms with Crippen LogP contribution in [0.3, 0.4) is 0 Å². The number of alkyl halides is 15. The van der Waals surface area contributed by atoms with E-state index in [-0.39, 0.29) is 67.9 Å². The zero-order valence-corrected chi connectivity index (χ0v) is 82.3. The fourth-order valence-corrected chi connectivity index (χ4v) is 15.2. The molecule has 2 aromatic carbocycles. The Kier molecular flexibility index (Phi) is 48.1. The number of halogens is 22. The predicted octanol–water partition coefficient (Wildman–Crippen LogP) is 14.8. The molecule has 0 saturated carbocycles. The zero-order chi connectivity index (χ0) is 97.9. The van der Waals surface area contributed by atoms with E-state index in [1.165, 1.54) is 17.0 Å². The van der Waals surface area contributed by atoms with Crippen molar-refractivity contribution in [1.29, 1.82) is 0 Å². The Bertz CT molecular complexity index is 4460. The number of aryl methyl sites for hydroxylation is 2. The van der Waals surface area contributed by atoms with Crippen LogP contribution in [-0.4, -0.2) is 287 Å². The highest BCUT2D eigenvalue weighted by molar-refractivity contribution is 14.1. The number of urea groups is 2. The minimum Gasteiger partial charge on any atom is -0.399 e. The zero-order valence-electron chi connectivity index (χ0n) is 74.1. The van der Waals surface area contributed by atoms with Crippen molar-refractivity contribution >= 4 is 159 Å². The van der Waals surface area contributed by atoms with Gasteiger partial charge in [-0.25, -0.2) is 28.9 Å². The maximum absolute atomic E-state index is 15.9. The Morgan fingerprint density at radius 1 is 0.530 bits per heavy atom. The molecule has 0 unspecified atom stereocenters. The molecule has 0 radical (unpaired) electrons. The average molecular weight is 2310 g/mol. The molecule has 0 aliphatic carbocycles. The molecule has 754 valence electrons. The minimum absolute atomic E-state index is 0. The van der Waals surface area contributed by atoms with Crippen LogP contribution < -0.4 is 52.5 Å². The molecule has 13 rings (SSSR count). The Morgan fingerprint density at radius 3 is 1.38 bits per heavy atom. The van der Waals surface area contributed by atoms with Crippen molar-refractivity contribution < 1.29 is 137 Å². The lowest BCUT2D eigenvalue weighted by Gasteiger charge is -2.32. The summed E-state index contributed by atoms with van der Waals surface area (Å²) in [6.45, 7) is 21.3. The van der Waals surface area contributed by atoms with Crippen LogP contribution in [0, 0.1) is 60.0 Å². The number of nitrogens with one attached hydrogen (secondary N) is 5. The van der Waals surface area contributed by atoms with Crippen molar-refractivity contribution in [3.63, 3.8) is 0 Å². The molecule has 4 amide bonds. The van der Waals surface area contributed by atoms with Crippen LogP contribution in [-0.2, 0) is 34.7 Å². The molecule has 6 atom stereocenters. The lowest BCUT2D eigenvalue weighted by molar-refractivity contribution is -0.183. The molecule has 7 saturated heterocycles. The van der Waals surface area contributed by atoms with Crippen molar-refractivity contribution in [1.82, 2.24) is 35.1 Å². The molecule has 4 aromatic heterocycles. The van der Waals surface area contributed by atoms with Crippen LogP contribution in [0.2, 0.25) is 0 Å². The molecule has 0 bridgehead atoms. The van der Waals surface area contributed by atoms with Gasteiger partial charge in [-0.3, -0.25) is 0 Å². The first-order chi connectivity index (χ1) is 61.8. The van der Waals surface area contributed by atoms with Gasteiger partial charge in [-0.05, 0) is 205 Å². The lowest BCUT2D eigenvalue weighted by atomic mass is 9.76. The van der Waals surface area contributed by atoms with E-state index in [1.807, 2.05) is 102 Å². The summed E-state index contributed by atoms with van der Waals surface area (Å²) in [5.41, 5.74) is 7.64. The molecule has 11 heterocycles. The van der Waals surface area contributed by atoms with Gasteiger partial charge in [0, 0.05) is 137 Å². The third-order valence-corrected chi connectivity index (χ3v) is 23.6. The number of amides is 4. The maximum Gasteiger partial charge on any atom is 0.495 e. The van der Waals surface area contributed by atoms with Crippen LogP contribution in [0.15, 0.2) is 78.9 Å². The number of anilines is 7. The molecule has 6 aromatic rings. The number of ether oxygens (including phenoxy) is 4. The number of pyridine rings is 4. The number of carbonyl (C=O) groups excluding carboxylic acids is 2. The molecule has 7 fully saturated rings. The first-order valence-electron chi connectivity index (χ1n) is 41.9. The van der Waals surface area contributed by atoms with E-state index in [2.05, 4.69) is 81.8 Å². The van der Waals surface area contributed by atoms with Crippen LogP contribution in [0.4, 0.5) is 129 Å². The van der Waals surface area contributed by atoms with Gasteiger partial charge in [0.2, 0.25) is 11.9 Å². The van der Waals surface area contributed by atoms with Crippen LogP contribution >= 0.6 is 93.7 Å². The molecule has 7 aliphatic heterocycles. The summed E-state index contributed by atoms with van der Waals surface area (Å²) >= 11 is 5.90. The van der Waals surface area contributed by atoms with Crippen molar-refractivity contribution in [3.8, 4) is 11.1 Å². The predicted molar refractivity (Wildman–Crippen MR) is 503 cm³/mol. The fraction of sp³-hybridized carbons (Fsp3) is 0.590. The highest BCUT2D eigenvalue weighted by Crippen LogP contribution is 2.40. The highest BCUT2D eigenvalue weighted by atomic mass is 127. The van der Waals surface area contributed by atoms with Crippen molar-refractivity contribution in [3.05, 3.63) is 124 Å². The van der Waals surface area contributed by atoms with Gasteiger partial charge in [0.15, 0.2) is 11.6 Å². The number of hydrogen-bond donors (Lipinski definition) is 10. The molecule has 134 heavy (non-hydrogen) atoms. The summed E-state index contributed by atoms with van der Waals surface area (Å²) < 4.78 is 263. The molecule has 0 spiro atoms. The number of aromatic nitrogens is 4. The second kappa shape index (κ2) is 54.5. The second-order valence-electron chi connectivity index (χ2n) is 32.2. The van der Waals surface area contributed by atoms with E-state index in [0.29, 0.717) is 154 Å². The summed E-state index contributed by atoms with van der Waals surface area (Å²) in [4.78, 5) is 49.6. The number of benzene rings is 2. The fourth-order valence-electron chi connectivity index (χ4n) is 13.5. The third-order valence-electron chi connectivity index (χ3n) is 21.7. The summed E-state index contributed by atoms with van der Waals surface area (Å²) in [7, 11) is -0.556. The average Bonchev–Trinajstić information content (AvgIpc) is 1.56. The third kappa shape index (κ3) is 38.4. The molecular weight excluding hydrogens is 2200 g/mol. The molecular formula is C83H112BClF18I3N15O12S. The molecule has 27 nitrogen and oxygen atoms in total. The Balaban J connectivity index is 0.000000296. The van der Waals surface area contributed by atoms with Gasteiger partial charge in [0.05, 0.1) is 96.4 Å². The van der Waals surface area contributed by atoms with Gasteiger partial charge < -0.3 is 105 Å². The van der Waals surface area contributed by atoms with E-state index < -0.39 is 136 Å². The van der Waals surface area contributed by atoms with Gasteiger partial charge in [-0.15, -0.1) is 12.4 Å². The van der Waals surface area contributed by atoms with E-state index in [4.69, 9.17) is 43.6 Å². The number of aliphatic hydroxyl groups excluding tert-OH is 4. The lowest BCUT2D eigenvalue weighted by Crippen LogP contribution is -2.41. The van der Waals surface area contributed by atoms with E-state index >= 15 is 4.39 Å². The number of hydrogen-bond acceptors (Lipinski definition) is 23. The highest BCUT2D eigenvalue weighted by Gasteiger charge is 2.53. The molecule has 51 heteroatoms. The van der Waals surface area contributed by atoms with Gasteiger partial charge in [-0.1, -0.05) is 31.0 Å². The van der Waals surface area contributed by atoms with Gasteiger partial charge in [0.25, 0.3) is 0 Å². The van der Waals surface area contributed by atoms with Crippen LogP contribution in [0.25, 0.3) is 11.1 Å². The Morgan fingerprint density at radius 2 is 0.970 bits per heavy atom. The first kappa shape index (κ1) is 118. The largest absolute Gasteiger partial charge is 0.495 e. The topological polar surface area (TPSA) is 324 Å². The van der Waals surface area contributed by atoms with Crippen LogP contribution in [0.5, 0.6) is 0 Å². The van der Waals surface area contributed by atoms with Gasteiger partial charge >= 0.3 is 50.1 Å². The quantitative estimate of drug-likeness (QED) is 0.0156. The number of likely N-dealkylation sites (tertiary alicyclic amines) is 2.